The largest absolute Gasteiger partial charge is 0.370 e. The van der Waals surface area contributed by atoms with Crippen molar-refractivity contribution < 1.29 is 0 Å². The van der Waals surface area contributed by atoms with Gasteiger partial charge in [0.25, 0.3) is 0 Å². The summed E-state index contributed by atoms with van der Waals surface area (Å²) in [5.74, 6) is 3.15. The molecule has 2 aliphatic rings. The van der Waals surface area contributed by atoms with Gasteiger partial charge in [-0.3, -0.25) is 4.99 Å². The van der Waals surface area contributed by atoms with E-state index in [1.54, 1.807) is 0 Å². The number of hydrogen-bond donors (Lipinski definition) is 1. The molecule has 0 aromatic carbocycles. The molecular weight excluding hydrogens is 244 g/mol. The summed E-state index contributed by atoms with van der Waals surface area (Å²) in [5.41, 5.74) is 6.67. The molecule has 5 heteroatoms. The second-order valence-electron chi connectivity index (χ2n) is 6.69. The number of nitrogens with zero attached hydrogens (tertiary/aromatic N) is 3. The maximum Gasteiger partial charge on any atom is 0.191 e. The molecule has 104 valence electrons. The number of hydrogen-bond acceptors (Lipinski definition) is 5. The van der Waals surface area contributed by atoms with Crippen LogP contribution in [0.4, 0.5) is 0 Å². The van der Waals surface area contributed by atoms with Gasteiger partial charge in [0.1, 0.15) is 0 Å². The Kier molecular flexibility index (Phi) is 3.83. The zero-order valence-corrected chi connectivity index (χ0v) is 12.9. The second kappa shape index (κ2) is 4.93. The van der Waals surface area contributed by atoms with Crippen molar-refractivity contribution in [2.75, 3.05) is 45.2 Å². The molecule has 0 saturated carbocycles. The molecule has 0 radical (unpaired) electrons. The predicted octanol–water partition coefficient (Wildman–Crippen LogP) is 1.08. The molecule has 2 N–H and O–H groups in total. The van der Waals surface area contributed by atoms with E-state index in [0.29, 0.717) is 5.41 Å². The minimum absolute atomic E-state index is 0.173. The minimum Gasteiger partial charge on any atom is -0.370 e. The second-order valence-corrected chi connectivity index (χ2v) is 7.67. The van der Waals surface area contributed by atoms with E-state index in [1.165, 1.54) is 12.2 Å². The van der Waals surface area contributed by atoms with Gasteiger partial charge >= 0.3 is 0 Å². The molecule has 0 aliphatic carbocycles. The molecular formula is C13H26N4S. The first-order valence-electron chi connectivity index (χ1n) is 6.65. The van der Waals surface area contributed by atoms with Gasteiger partial charge in [0.2, 0.25) is 0 Å². The van der Waals surface area contributed by atoms with Crippen molar-refractivity contribution >= 4 is 17.7 Å². The van der Waals surface area contributed by atoms with Crippen molar-refractivity contribution in [1.29, 1.82) is 0 Å². The molecule has 1 spiro atoms. The van der Waals surface area contributed by atoms with Gasteiger partial charge in [0.15, 0.2) is 5.96 Å². The summed E-state index contributed by atoms with van der Waals surface area (Å²) in [6.07, 6.45) is 1.20. The Hall–Kier alpha value is -0.420. The van der Waals surface area contributed by atoms with E-state index in [0.717, 1.165) is 31.3 Å². The van der Waals surface area contributed by atoms with E-state index in [9.17, 15) is 0 Å². The lowest BCUT2D eigenvalue weighted by Crippen LogP contribution is -2.58. The Morgan fingerprint density at radius 1 is 1.39 bits per heavy atom. The molecule has 0 amide bonds. The molecule has 1 unspecified atom stereocenters. The number of rotatable bonds is 3. The van der Waals surface area contributed by atoms with E-state index in [4.69, 9.17) is 5.73 Å². The quantitative estimate of drug-likeness (QED) is 0.833. The van der Waals surface area contributed by atoms with E-state index in [-0.39, 0.29) is 5.54 Å². The van der Waals surface area contributed by atoms with Crippen LogP contribution in [0.25, 0.3) is 0 Å². The van der Waals surface area contributed by atoms with Crippen LogP contribution < -0.4 is 5.73 Å². The molecule has 1 saturated heterocycles. The molecule has 1 fully saturated rings. The van der Waals surface area contributed by atoms with Crippen molar-refractivity contribution in [3.63, 3.8) is 0 Å². The zero-order chi connectivity index (χ0) is 13.4. The number of likely N-dealkylation sites (N-methyl/N-ethyl adjacent to an activating group) is 1. The Labute approximate surface area is 115 Å². The van der Waals surface area contributed by atoms with Crippen LogP contribution in [0.2, 0.25) is 0 Å². The third-order valence-electron chi connectivity index (χ3n) is 3.83. The van der Waals surface area contributed by atoms with Crippen molar-refractivity contribution in [3.05, 3.63) is 0 Å². The first-order valence-corrected chi connectivity index (χ1v) is 7.80. The third-order valence-corrected chi connectivity index (χ3v) is 5.55. The monoisotopic (exact) mass is 270 g/mol. The highest BCUT2D eigenvalue weighted by atomic mass is 32.2. The summed E-state index contributed by atoms with van der Waals surface area (Å²) in [7, 11) is 4.21. The van der Waals surface area contributed by atoms with Gasteiger partial charge < -0.3 is 15.5 Å². The van der Waals surface area contributed by atoms with Gasteiger partial charge in [-0.2, -0.15) is 11.8 Å². The molecule has 18 heavy (non-hydrogen) atoms. The highest BCUT2D eigenvalue weighted by molar-refractivity contribution is 7.99. The van der Waals surface area contributed by atoms with E-state index < -0.39 is 0 Å². The fourth-order valence-corrected chi connectivity index (χ4v) is 4.56. The van der Waals surface area contributed by atoms with Crippen LogP contribution in [0.1, 0.15) is 20.3 Å². The lowest BCUT2D eigenvalue weighted by molar-refractivity contribution is 0.140. The van der Waals surface area contributed by atoms with Crippen LogP contribution in [0.5, 0.6) is 0 Å². The van der Waals surface area contributed by atoms with Gasteiger partial charge in [0.05, 0.1) is 12.1 Å². The first-order chi connectivity index (χ1) is 8.35. The standard InChI is InChI=1S/C13H26N4S/c1-12(2)7-13(10-18-9-12)8-15-11(14)17(13)6-5-16(3)4/h5-10H2,1-4H3,(H2,14,15). The van der Waals surface area contributed by atoms with E-state index in [1.807, 2.05) is 0 Å². The minimum atomic E-state index is 0.173. The van der Waals surface area contributed by atoms with Crippen molar-refractivity contribution in [3.8, 4) is 0 Å². The van der Waals surface area contributed by atoms with Crippen LogP contribution in [0, 0.1) is 5.41 Å². The Balaban J connectivity index is 2.11. The Morgan fingerprint density at radius 2 is 2.11 bits per heavy atom. The maximum atomic E-state index is 6.11. The lowest BCUT2D eigenvalue weighted by Gasteiger charge is -2.47. The fourth-order valence-electron chi connectivity index (χ4n) is 3.08. The van der Waals surface area contributed by atoms with Gasteiger partial charge in [-0.25, -0.2) is 0 Å². The number of aliphatic imine (C=N–C) groups is 1. The van der Waals surface area contributed by atoms with E-state index in [2.05, 4.69) is 54.5 Å². The average molecular weight is 270 g/mol. The topological polar surface area (TPSA) is 44.9 Å². The molecule has 2 heterocycles. The van der Waals surface area contributed by atoms with Crippen LogP contribution in [0.15, 0.2) is 4.99 Å². The molecule has 2 rings (SSSR count). The normalized spacial score (nSPS) is 31.2. The molecule has 0 aromatic heterocycles. The maximum absolute atomic E-state index is 6.11. The summed E-state index contributed by atoms with van der Waals surface area (Å²) >= 11 is 2.05. The summed E-state index contributed by atoms with van der Waals surface area (Å²) in [4.78, 5) is 9.10. The number of guanidine groups is 1. The first kappa shape index (κ1) is 14.0. The van der Waals surface area contributed by atoms with Gasteiger partial charge in [-0.05, 0) is 31.7 Å². The lowest BCUT2D eigenvalue weighted by atomic mass is 9.79. The van der Waals surface area contributed by atoms with Gasteiger partial charge in [-0.15, -0.1) is 0 Å². The smallest absolute Gasteiger partial charge is 0.191 e. The summed E-state index contributed by atoms with van der Waals surface area (Å²) < 4.78 is 0. The highest BCUT2D eigenvalue weighted by Crippen LogP contribution is 2.43. The van der Waals surface area contributed by atoms with Crippen LogP contribution in [0.3, 0.4) is 0 Å². The number of thioether (sulfide) groups is 1. The van der Waals surface area contributed by atoms with Crippen LogP contribution in [-0.4, -0.2) is 66.5 Å². The molecule has 0 bridgehead atoms. The SMILES string of the molecule is CN(C)CCN1C(N)=NCC12CSCC(C)(C)C2. The van der Waals surface area contributed by atoms with Gasteiger partial charge in [0, 0.05) is 18.8 Å². The summed E-state index contributed by atoms with van der Waals surface area (Å²) in [5, 5.41) is 0. The zero-order valence-electron chi connectivity index (χ0n) is 12.1. The molecule has 2 aliphatic heterocycles. The Bertz CT molecular complexity index is 340. The van der Waals surface area contributed by atoms with Crippen LogP contribution in [-0.2, 0) is 0 Å². The van der Waals surface area contributed by atoms with Crippen LogP contribution >= 0.6 is 11.8 Å². The van der Waals surface area contributed by atoms with Crippen molar-refractivity contribution in [1.82, 2.24) is 9.80 Å². The summed E-state index contributed by atoms with van der Waals surface area (Å²) in [6, 6.07) is 0. The van der Waals surface area contributed by atoms with Crippen molar-refractivity contribution in [2.24, 2.45) is 16.1 Å². The third kappa shape index (κ3) is 2.77. The molecule has 0 aromatic rings. The van der Waals surface area contributed by atoms with Gasteiger partial charge in [-0.1, -0.05) is 13.8 Å². The van der Waals surface area contributed by atoms with E-state index >= 15 is 0 Å². The summed E-state index contributed by atoms with van der Waals surface area (Å²) in [6.45, 7) is 7.61. The van der Waals surface area contributed by atoms with Crippen molar-refractivity contribution in [2.45, 2.75) is 25.8 Å². The molecule has 1 atom stereocenters. The fraction of sp³-hybridized carbons (Fsp3) is 0.923. The molecule has 4 nitrogen and oxygen atoms in total. The highest BCUT2D eigenvalue weighted by Gasteiger charge is 2.47. The predicted molar refractivity (Wildman–Crippen MR) is 80.2 cm³/mol. The average Bonchev–Trinajstić information content (AvgIpc) is 2.51. The number of nitrogens with two attached hydrogens (primary N) is 1. The Morgan fingerprint density at radius 3 is 2.72 bits per heavy atom.